The number of carbonyl (C=O) groups is 1. The minimum Gasteiger partial charge on any atom is -0.478 e. The molecule has 0 saturated heterocycles. The van der Waals surface area contributed by atoms with Crippen molar-refractivity contribution in [3.63, 3.8) is 0 Å². The van der Waals surface area contributed by atoms with Gasteiger partial charge in [0, 0.05) is 19.3 Å². The van der Waals surface area contributed by atoms with Gasteiger partial charge in [-0.3, -0.25) is 0 Å². The van der Waals surface area contributed by atoms with E-state index in [4.69, 9.17) is 5.11 Å². The van der Waals surface area contributed by atoms with Crippen molar-refractivity contribution < 1.29 is 9.90 Å². The molecule has 2 rings (SSSR count). The summed E-state index contributed by atoms with van der Waals surface area (Å²) in [6, 6.07) is 10.2. The van der Waals surface area contributed by atoms with Crippen LogP contribution in [0.4, 0.5) is 0 Å². The number of nitrogens with zero attached hydrogens (tertiary/aromatic N) is 2. The summed E-state index contributed by atoms with van der Waals surface area (Å²) in [4.78, 5) is 18.8. The van der Waals surface area contributed by atoms with E-state index in [0.29, 0.717) is 18.2 Å². The van der Waals surface area contributed by atoms with Crippen LogP contribution >= 0.6 is 0 Å². The Morgan fingerprint density at radius 3 is 2.80 bits per heavy atom. The highest BCUT2D eigenvalue weighted by molar-refractivity contribution is 5.88. The van der Waals surface area contributed by atoms with Gasteiger partial charge in [-0.2, -0.15) is 0 Å². The van der Waals surface area contributed by atoms with Gasteiger partial charge in [0.1, 0.15) is 11.9 Å². The minimum atomic E-state index is -1.00. The van der Waals surface area contributed by atoms with Crippen LogP contribution in [0, 0.1) is 0 Å². The number of aromatic carboxylic acids is 1. The summed E-state index contributed by atoms with van der Waals surface area (Å²) in [5.74, 6) is -0.648. The standard InChI is InChI=1S/C15H17N3O2/c1-11(12-5-3-2-4-6-12)7-16-9-14-13(15(19)20)8-17-10-18-14/h2-6,8,10-11,16H,7,9H2,1H3,(H,19,20). The molecule has 0 aliphatic rings. The van der Waals surface area contributed by atoms with Gasteiger partial charge in [-0.15, -0.1) is 0 Å². The Labute approximate surface area is 117 Å². The second-order valence-corrected chi connectivity index (χ2v) is 4.63. The first kappa shape index (κ1) is 14.1. The molecule has 1 aromatic heterocycles. The fourth-order valence-electron chi connectivity index (χ4n) is 1.98. The van der Waals surface area contributed by atoms with E-state index in [1.807, 2.05) is 18.2 Å². The fraction of sp³-hybridized carbons (Fsp3) is 0.267. The Kier molecular flexibility index (Phi) is 4.79. The van der Waals surface area contributed by atoms with Gasteiger partial charge >= 0.3 is 5.97 Å². The lowest BCUT2D eigenvalue weighted by Gasteiger charge is -2.13. The molecule has 0 amide bonds. The average molecular weight is 271 g/mol. The molecule has 0 spiro atoms. The maximum absolute atomic E-state index is 11.0. The van der Waals surface area contributed by atoms with Crippen LogP contribution in [0.25, 0.3) is 0 Å². The van der Waals surface area contributed by atoms with Crippen LogP contribution in [0.5, 0.6) is 0 Å². The van der Waals surface area contributed by atoms with Crippen LogP contribution in [0.2, 0.25) is 0 Å². The van der Waals surface area contributed by atoms with E-state index in [2.05, 4.69) is 34.3 Å². The lowest BCUT2D eigenvalue weighted by molar-refractivity contribution is 0.0694. The molecule has 5 nitrogen and oxygen atoms in total. The van der Waals surface area contributed by atoms with E-state index in [9.17, 15) is 4.79 Å². The van der Waals surface area contributed by atoms with Crippen LogP contribution in [0.3, 0.4) is 0 Å². The summed E-state index contributed by atoms with van der Waals surface area (Å²) in [6.07, 6.45) is 2.69. The van der Waals surface area contributed by atoms with Crippen LogP contribution < -0.4 is 5.32 Å². The summed E-state index contributed by atoms with van der Waals surface area (Å²) in [5, 5.41) is 12.3. The van der Waals surface area contributed by atoms with Gasteiger partial charge in [0.2, 0.25) is 0 Å². The van der Waals surface area contributed by atoms with Gasteiger partial charge < -0.3 is 10.4 Å². The first-order chi connectivity index (χ1) is 9.68. The van der Waals surface area contributed by atoms with Crippen molar-refractivity contribution in [2.75, 3.05) is 6.54 Å². The first-order valence-corrected chi connectivity index (χ1v) is 6.46. The van der Waals surface area contributed by atoms with Crippen LogP contribution in [0.1, 0.15) is 34.5 Å². The van der Waals surface area contributed by atoms with Crippen LogP contribution in [-0.4, -0.2) is 27.6 Å². The normalized spacial score (nSPS) is 12.1. The fourth-order valence-corrected chi connectivity index (χ4v) is 1.98. The Morgan fingerprint density at radius 2 is 2.10 bits per heavy atom. The van der Waals surface area contributed by atoms with Crippen molar-refractivity contribution in [3.05, 3.63) is 59.7 Å². The number of hydrogen-bond acceptors (Lipinski definition) is 4. The number of benzene rings is 1. The summed E-state index contributed by atoms with van der Waals surface area (Å²) in [5.41, 5.74) is 1.90. The van der Waals surface area contributed by atoms with E-state index in [1.54, 1.807) is 0 Å². The van der Waals surface area contributed by atoms with E-state index in [0.717, 1.165) is 6.54 Å². The molecule has 1 heterocycles. The second kappa shape index (κ2) is 6.77. The molecule has 1 atom stereocenters. The van der Waals surface area contributed by atoms with Gasteiger partial charge in [-0.25, -0.2) is 14.8 Å². The first-order valence-electron chi connectivity index (χ1n) is 6.46. The van der Waals surface area contributed by atoms with E-state index in [1.165, 1.54) is 18.1 Å². The largest absolute Gasteiger partial charge is 0.478 e. The van der Waals surface area contributed by atoms with Crippen molar-refractivity contribution >= 4 is 5.97 Å². The number of rotatable bonds is 6. The van der Waals surface area contributed by atoms with Crippen LogP contribution in [-0.2, 0) is 6.54 Å². The highest BCUT2D eigenvalue weighted by atomic mass is 16.4. The average Bonchev–Trinajstić information content (AvgIpc) is 2.48. The lowest BCUT2D eigenvalue weighted by atomic mass is 10.0. The van der Waals surface area contributed by atoms with Crippen LogP contribution in [0.15, 0.2) is 42.9 Å². The third kappa shape index (κ3) is 3.61. The summed E-state index contributed by atoms with van der Waals surface area (Å²) >= 11 is 0. The molecule has 0 aliphatic carbocycles. The molecule has 1 unspecified atom stereocenters. The topological polar surface area (TPSA) is 75.1 Å². The summed E-state index contributed by atoms with van der Waals surface area (Å²) < 4.78 is 0. The molecule has 1 aromatic carbocycles. The third-order valence-electron chi connectivity index (χ3n) is 3.14. The molecule has 0 fully saturated rings. The molecular weight excluding hydrogens is 254 g/mol. The van der Waals surface area contributed by atoms with E-state index in [-0.39, 0.29) is 5.56 Å². The smallest absolute Gasteiger partial charge is 0.339 e. The molecule has 0 radical (unpaired) electrons. The maximum Gasteiger partial charge on any atom is 0.339 e. The molecule has 104 valence electrons. The molecule has 0 aliphatic heterocycles. The van der Waals surface area contributed by atoms with Crippen molar-refractivity contribution in [2.45, 2.75) is 19.4 Å². The zero-order valence-corrected chi connectivity index (χ0v) is 11.3. The van der Waals surface area contributed by atoms with Crippen molar-refractivity contribution in [1.29, 1.82) is 0 Å². The Bertz CT molecular complexity index is 572. The highest BCUT2D eigenvalue weighted by Gasteiger charge is 2.11. The van der Waals surface area contributed by atoms with Gasteiger partial charge in [-0.1, -0.05) is 37.3 Å². The van der Waals surface area contributed by atoms with Crippen molar-refractivity contribution in [1.82, 2.24) is 15.3 Å². The Balaban J connectivity index is 1.92. The SMILES string of the molecule is CC(CNCc1ncncc1C(=O)O)c1ccccc1. The molecule has 2 N–H and O–H groups in total. The summed E-state index contributed by atoms with van der Waals surface area (Å²) in [7, 11) is 0. The third-order valence-corrected chi connectivity index (χ3v) is 3.14. The Morgan fingerprint density at radius 1 is 1.35 bits per heavy atom. The molecule has 2 aromatic rings. The summed E-state index contributed by atoms with van der Waals surface area (Å²) in [6.45, 7) is 3.30. The number of carboxylic acid groups (broad SMARTS) is 1. The molecule has 5 heteroatoms. The van der Waals surface area contributed by atoms with E-state index >= 15 is 0 Å². The molecule has 20 heavy (non-hydrogen) atoms. The number of nitrogens with one attached hydrogen (secondary N) is 1. The maximum atomic E-state index is 11.0. The second-order valence-electron chi connectivity index (χ2n) is 4.63. The van der Waals surface area contributed by atoms with E-state index < -0.39 is 5.97 Å². The zero-order chi connectivity index (χ0) is 14.4. The molecule has 0 saturated carbocycles. The number of aromatic nitrogens is 2. The lowest BCUT2D eigenvalue weighted by Crippen LogP contribution is -2.22. The number of hydrogen-bond donors (Lipinski definition) is 2. The number of carboxylic acids is 1. The minimum absolute atomic E-state index is 0.146. The predicted molar refractivity (Wildman–Crippen MR) is 75.6 cm³/mol. The Hall–Kier alpha value is -2.27. The van der Waals surface area contributed by atoms with Gasteiger partial charge in [0.05, 0.1) is 5.69 Å². The zero-order valence-electron chi connectivity index (χ0n) is 11.3. The monoisotopic (exact) mass is 271 g/mol. The molecular formula is C15H17N3O2. The van der Waals surface area contributed by atoms with Gasteiger partial charge in [0.25, 0.3) is 0 Å². The predicted octanol–water partition coefficient (Wildman–Crippen LogP) is 2.07. The molecule has 0 bridgehead atoms. The van der Waals surface area contributed by atoms with Crippen molar-refractivity contribution in [2.24, 2.45) is 0 Å². The van der Waals surface area contributed by atoms with Gasteiger partial charge in [0.15, 0.2) is 0 Å². The van der Waals surface area contributed by atoms with Gasteiger partial charge in [-0.05, 0) is 11.5 Å². The van der Waals surface area contributed by atoms with Crippen molar-refractivity contribution in [3.8, 4) is 0 Å². The quantitative estimate of drug-likeness (QED) is 0.841. The highest BCUT2D eigenvalue weighted by Crippen LogP contribution is 2.13.